The van der Waals surface area contributed by atoms with Gasteiger partial charge in [0.1, 0.15) is 0 Å². The molecule has 0 spiro atoms. The maximum absolute atomic E-state index is 12.3. The second kappa shape index (κ2) is 7.09. The summed E-state index contributed by atoms with van der Waals surface area (Å²) in [5, 5.41) is 3.38. The van der Waals surface area contributed by atoms with Crippen LogP contribution in [0.5, 0.6) is 0 Å². The van der Waals surface area contributed by atoms with Crippen molar-refractivity contribution in [2.75, 3.05) is 33.7 Å². The van der Waals surface area contributed by atoms with Crippen LogP contribution in [-0.4, -0.2) is 55.0 Å². The summed E-state index contributed by atoms with van der Waals surface area (Å²) in [6, 6.07) is 3.86. The van der Waals surface area contributed by atoms with E-state index in [2.05, 4.69) is 17.1 Å². The predicted octanol–water partition coefficient (Wildman–Crippen LogP) is 2.43. The zero-order valence-corrected chi connectivity index (χ0v) is 14.6. The molecular weight excluding hydrogens is 306 g/mol. The number of nitrogens with one attached hydrogen (secondary N) is 1. The van der Waals surface area contributed by atoms with Gasteiger partial charge >= 0.3 is 0 Å². The fourth-order valence-corrected chi connectivity index (χ4v) is 3.67. The smallest absolute Gasteiger partial charge is 0.236 e. The third-order valence-electron chi connectivity index (χ3n) is 4.37. The van der Waals surface area contributed by atoms with E-state index in [1.165, 1.54) is 11.3 Å². The lowest BCUT2D eigenvalue weighted by Gasteiger charge is -2.39. The number of halogens is 1. The second-order valence-corrected chi connectivity index (χ2v) is 7.84. The highest BCUT2D eigenvalue weighted by atomic mass is 35.5. The predicted molar refractivity (Wildman–Crippen MR) is 88.9 cm³/mol. The highest BCUT2D eigenvalue weighted by molar-refractivity contribution is 7.16. The quantitative estimate of drug-likeness (QED) is 0.901. The summed E-state index contributed by atoms with van der Waals surface area (Å²) >= 11 is 7.45. The number of hydrogen-bond acceptors (Lipinski definition) is 4. The van der Waals surface area contributed by atoms with E-state index in [9.17, 15) is 4.79 Å². The SMILES string of the molecule is CNC1(C)CCN(CC(=O)N(C)Cc2ccc(Cl)s2)CC1. The van der Waals surface area contributed by atoms with Gasteiger partial charge in [0.05, 0.1) is 17.4 Å². The average Bonchev–Trinajstić information content (AvgIpc) is 2.87. The molecule has 0 radical (unpaired) electrons. The number of piperidine rings is 1. The number of carbonyl (C=O) groups is 1. The number of amides is 1. The molecule has 0 aromatic carbocycles. The van der Waals surface area contributed by atoms with E-state index in [0.29, 0.717) is 13.1 Å². The van der Waals surface area contributed by atoms with Crippen molar-refractivity contribution in [3.05, 3.63) is 21.3 Å². The van der Waals surface area contributed by atoms with Crippen molar-refractivity contribution in [1.82, 2.24) is 15.1 Å². The zero-order chi connectivity index (χ0) is 15.5. The van der Waals surface area contributed by atoms with E-state index in [1.807, 2.05) is 26.2 Å². The number of nitrogens with zero attached hydrogens (tertiary/aromatic N) is 2. The molecule has 2 heterocycles. The molecular formula is C15H24ClN3OS. The van der Waals surface area contributed by atoms with Gasteiger partial charge in [0.25, 0.3) is 0 Å². The Balaban J connectivity index is 1.79. The topological polar surface area (TPSA) is 35.6 Å². The van der Waals surface area contributed by atoms with Crippen molar-refractivity contribution < 1.29 is 4.79 Å². The molecule has 0 unspecified atom stereocenters. The molecule has 2 rings (SSSR count). The summed E-state index contributed by atoms with van der Waals surface area (Å²) in [6.07, 6.45) is 2.17. The molecule has 118 valence electrons. The normalized spacial score (nSPS) is 18.7. The number of likely N-dealkylation sites (N-methyl/N-ethyl adjacent to an activating group) is 1. The Kier molecular flexibility index (Phi) is 5.66. The summed E-state index contributed by atoms with van der Waals surface area (Å²) in [6.45, 7) is 5.34. The molecule has 1 aromatic heterocycles. The van der Waals surface area contributed by atoms with Crippen LogP contribution in [0.2, 0.25) is 4.34 Å². The molecule has 0 bridgehead atoms. The molecule has 1 aliphatic rings. The molecule has 1 aliphatic heterocycles. The number of hydrogen-bond donors (Lipinski definition) is 1. The van der Waals surface area contributed by atoms with Gasteiger partial charge < -0.3 is 10.2 Å². The van der Waals surface area contributed by atoms with Crippen LogP contribution in [0.1, 0.15) is 24.6 Å². The van der Waals surface area contributed by atoms with Crippen LogP contribution < -0.4 is 5.32 Å². The van der Waals surface area contributed by atoms with Crippen LogP contribution >= 0.6 is 22.9 Å². The summed E-state index contributed by atoms with van der Waals surface area (Å²) in [5.41, 5.74) is 0.221. The fraction of sp³-hybridized carbons (Fsp3) is 0.667. The van der Waals surface area contributed by atoms with Crippen molar-refractivity contribution in [2.45, 2.75) is 31.8 Å². The Labute approximate surface area is 136 Å². The maximum atomic E-state index is 12.3. The van der Waals surface area contributed by atoms with Gasteiger partial charge in [-0.1, -0.05) is 11.6 Å². The Bertz CT molecular complexity index is 483. The van der Waals surface area contributed by atoms with Gasteiger partial charge in [0, 0.05) is 30.6 Å². The van der Waals surface area contributed by atoms with Crippen LogP contribution in [0.3, 0.4) is 0 Å². The van der Waals surface area contributed by atoms with E-state index in [4.69, 9.17) is 11.6 Å². The van der Waals surface area contributed by atoms with Gasteiger partial charge in [-0.15, -0.1) is 11.3 Å². The van der Waals surface area contributed by atoms with E-state index in [1.54, 1.807) is 4.90 Å². The highest BCUT2D eigenvalue weighted by Crippen LogP contribution is 2.23. The molecule has 1 N–H and O–H groups in total. The molecule has 1 saturated heterocycles. The van der Waals surface area contributed by atoms with E-state index in [0.717, 1.165) is 35.1 Å². The van der Waals surface area contributed by atoms with Gasteiger partial charge in [0.2, 0.25) is 5.91 Å². The van der Waals surface area contributed by atoms with Crippen molar-refractivity contribution >= 4 is 28.8 Å². The lowest BCUT2D eigenvalue weighted by atomic mass is 9.90. The first kappa shape index (κ1) is 16.7. The van der Waals surface area contributed by atoms with Crippen molar-refractivity contribution in [3.63, 3.8) is 0 Å². The molecule has 1 aromatic rings. The van der Waals surface area contributed by atoms with Gasteiger partial charge in [-0.3, -0.25) is 9.69 Å². The minimum absolute atomic E-state index is 0.174. The van der Waals surface area contributed by atoms with Crippen LogP contribution in [0.25, 0.3) is 0 Å². The van der Waals surface area contributed by atoms with Gasteiger partial charge in [-0.2, -0.15) is 0 Å². The molecule has 1 fully saturated rings. The van der Waals surface area contributed by atoms with Crippen LogP contribution in [0.15, 0.2) is 12.1 Å². The second-order valence-electron chi connectivity index (χ2n) is 6.04. The average molecular weight is 330 g/mol. The molecule has 0 aliphatic carbocycles. The standard InChI is InChI=1S/C15H24ClN3OS/c1-15(17-2)6-8-19(9-7-15)11-14(20)18(3)10-12-4-5-13(16)21-12/h4-5,17H,6-11H2,1-3H3. The summed E-state index contributed by atoms with van der Waals surface area (Å²) in [5.74, 6) is 0.174. The fourth-order valence-electron chi connectivity index (χ4n) is 2.53. The lowest BCUT2D eigenvalue weighted by Crippen LogP contribution is -2.51. The maximum Gasteiger partial charge on any atom is 0.236 e. The van der Waals surface area contributed by atoms with Crippen molar-refractivity contribution in [2.24, 2.45) is 0 Å². The third-order valence-corrected chi connectivity index (χ3v) is 5.59. The van der Waals surface area contributed by atoms with Gasteiger partial charge in [-0.25, -0.2) is 0 Å². The molecule has 1 amide bonds. The third kappa shape index (κ3) is 4.68. The van der Waals surface area contributed by atoms with Crippen LogP contribution in [-0.2, 0) is 11.3 Å². The van der Waals surface area contributed by atoms with Crippen molar-refractivity contribution in [3.8, 4) is 0 Å². The summed E-state index contributed by atoms with van der Waals surface area (Å²) in [7, 11) is 3.87. The summed E-state index contributed by atoms with van der Waals surface area (Å²) in [4.78, 5) is 17.5. The Hall–Kier alpha value is -0.620. The monoisotopic (exact) mass is 329 g/mol. The minimum atomic E-state index is 0.174. The molecule has 0 atom stereocenters. The first-order valence-corrected chi connectivity index (χ1v) is 8.51. The van der Waals surface area contributed by atoms with E-state index in [-0.39, 0.29) is 11.4 Å². The number of thiophene rings is 1. The van der Waals surface area contributed by atoms with Gasteiger partial charge in [-0.05, 0) is 38.9 Å². The van der Waals surface area contributed by atoms with Crippen molar-refractivity contribution in [1.29, 1.82) is 0 Å². The number of likely N-dealkylation sites (tertiary alicyclic amines) is 1. The summed E-state index contributed by atoms with van der Waals surface area (Å²) < 4.78 is 0.772. The first-order valence-electron chi connectivity index (χ1n) is 7.31. The Morgan fingerprint density at radius 3 is 2.67 bits per heavy atom. The highest BCUT2D eigenvalue weighted by Gasteiger charge is 2.29. The zero-order valence-electron chi connectivity index (χ0n) is 13.0. The molecule has 21 heavy (non-hydrogen) atoms. The van der Waals surface area contributed by atoms with Crippen LogP contribution in [0, 0.1) is 0 Å². The number of rotatable bonds is 5. The molecule has 4 nitrogen and oxygen atoms in total. The number of carbonyl (C=O) groups excluding carboxylic acids is 1. The van der Waals surface area contributed by atoms with Crippen LogP contribution in [0.4, 0.5) is 0 Å². The largest absolute Gasteiger partial charge is 0.340 e. The Morgan fingerprint density at radius 2 is 2.14 bits per heavy atom. The molecule has 0 saturated carbocycles. The van der Waals surface area contributed by atoms with Gasteiger partial charge in [0.15, 0.2) is 0 Å². The Morgan fingerprint density at radius 1 is 1.48 bits per heavy atom. The van der Waals surface area contributed by atoms with E-state index < -0.39 is 0 Å². The first-order chi connectivity index (χ1) is 9.92. The lowest BCUT2D eigenvalue weighted by molar-refractivity contribution is -0.132. The van der Waals surface area contributed by atoms with E-state index >= 15 is 0 Å². The minimum Gasteiger partial charge on any atom is -0.340 e. The molecule has 6 heteroatoms.